The summed E-state index contributed by atoms with van der Waals surface area (Å²) in [4.78, 5) is 13.3. The Hall–Kier alpha value is -3.30. The van der Waals surface area contributed by atoms with Crippen LogP contribution >= 0.6 is 0 Å². The van der Waals surface area contributed by atoms with Gasteiger partial charge in [0.05, 0.1) is 10.6 Å². The van der Waals surface area contributed by atoms with Gasteiger partial charge in [-0.15, -0.1) is 0 Å². The summed E-state index contributed by atoms with van der Waals surface area (Å²) < 4.78 is 34.0. The van der Waals surface area contributed by atoms with E-state index in [0.717, 1.165) is 48.9 Å². The molecule has 1 aromatic heterocycles. The maximum Gasteiger partial charge on any atom is 0.246 e. The van der Waals surface area contributed by atoms with Gasteiger partial charge in [0.25, 0.3) is 0 Å². The molecule has 0 spiro atoms. The van der Waals surface area contributed by atoms with Crippen molar-refractivity contribution in [1.29, 1.82) is 0 Å². The summed E-state index contributed by atoms with van der Waals surface area (Å²) in [6, 6.07) is 15.6. The SMILES string of the molecule is Cc1ccc(S(=O)(=O)NCC[C@H]2CC[C@H](c3ccc(C4=Nc5c(N)ncnc5OC4(C)C)cc3)CC2)cc1. The van der Waals surface area contributed by atoms with Gasteiger partial charge in [0.1, 0.15) is 11.9 Å². The molecular formula is C29H35N5O3S. The van der Waals surface area contributed by atoms with Crippen LogP contribution in [0.5, 0.6) is 5.88 Å². The van der Waals surface area contributed by atoms with Gasteiger partial charge in [-0.3, -0.25) is 0 Å². The van der Waals surface area contributed by atoms with Crippen LogP contribution in [0.25, 0.3) is 0 Å². The molecule has 0 atom stereocenters. The Kier molecular flexibility index (Phi) is 7.24. The molecule has 2 heterocycles. The normalized spacial score (nSPS) is 20.8. The Morgan fingerprint density at radius 2 is 1.68 bits per heavy atom. The second-order valence-corrected chi connectivity index (χ2v) is 12.6. The molecule has 3 N–H and O–H groups in total. The molecule has 200 valence electrons. The zero-order chi connectivity index (χ0) is 26.9. The number of aryl methyl sites for hydroxylation is 1. The third-order valence-corrected chi connectivity index (χ3v) is 9.12. The van der Waals surface area contributed by atoms with Crippen molar-refractivity contribution >= 4 is 27.2 Å². The average Bonchev–Trinajstić information content (AvgIpc) is 2.89. The number of sulfonamides is 1. The molecule has 0 radical (unpaired) electrons. The van der Waals surface area contributed by atoms with Crippen LogP contribution in [-0.4, -0.2) is 36.2 Å². The molecule has 0 unspecified atom stereocenters. The van der Waals surface area contributed by atoms with Gasteiger partial charge in [-0.1, -0.05) is 42.0 Å². The quantitative estimate of drug-likeness (QED) is 0.425. The second kappa shape index (κ2) is 10.5. The third-order valence-electron chi connectivity index (χ3n) is 7.64. The first-order valence-corrected chi connectivity index (χ1v) is 14.7. The van der Waals surface area contributed by atoms with E-state index in [4.69, 9.17) is 15.5 Å². The highest BCUT2D eigenvalue weighted by Gasteiger charge is 2.35. The zero-order valence-corrected chi connectivity index (χ0v) is 23.0. The van der Waals surface area contributed by atoms with Crippen LogP contribution in [0.3, 0.4) is 0 Å². The number of nitrogen functional groups attached to an aromatic ring is 1. The van der Waals surface area contributed by atoms with E-state index < -0.39 is 15.6 Å². The number of aliphatic imine (C=N–C) groups is 1. The average molecular weight is 534 g/mol. The van der Waals surface area contributed by atoms with Crippen LogP contribution in [0, 0.1) is 12.8 Å². The summed E-state index contributed by atoms with van der Waals surface area (Å²) >= 11 is 0. The van der Waals surface area contributed by atoms with Gasteiger partial charge in [-0.2, -0.15) is 4.98 Å². The predicted molar refractivity (Wildman–Crippen MR) is 149 cm³/mol. The maximum atomic E-state index is 12.5. The summed E-state index contributed by atoms with van der Waals surface area (Å²) in [5.74, 6) is 1.75. The highest BCUT2D eigenvalue weighted by molar-refractivity contribution is 7.89. The number of aromatic nitrogens is 2. The maximum absolute atomic E-state index is 12.5. The highest BCUT2D eigenvalue weighted by Crippen LogP contribution is 2.40. The lowest BCUT2D eigenvalue weighted by molar-refractivity contribution is 0.171. The summed E-state index contributed by atoms with van der Waals surface area (Å²) in [7, 11) is -3.45. The molecule has 5 rings (SSSR count). The van der Waals surface area contributed by atoms with Crippen LogP contribution in [0.1, 0.15) is 68.6 Å². The summed E-state index contributed by atoms with van der Waals surface area (Å²) in [6.45, 7) is 6.37. The number of benzene rings is 2. The van der Waals surface area contributed by atoms with Crippen molar-refractivity contribution in [3.8, 4) is 5.88 Å². The van der Waals surface area contributed by atoms with E-state index in [2.05, 4.69) is 39.0 Å². The number of nitrogens with one attached hydrogen (secondary N) is 1. The monoisotopic (exact) mass is 533 g/mol. The molecule has 3 aromatic rings. The number of nitrogens with two attached hydrogens (primary N) is 1. The van der Waals surface area contributed by atoms with E-state index in [1.165, 1.54) is 11.9 Å². The van der Waals surface area contributed by atoms with Crippen LogP contribution in [0.15, 0.2) is 64.7 Å². The molecule has 1 fully saturated rings. The van der Waals surface area contributed by atoms with Gasteiger partial charge in [0, 0.05) is 12.1 Å². The number of nitrogens with zero attached hydrogens (tertiary/aromatic N) is 3. The van der Waals surface area contributed by atoms with Crippen molar-refractivity contribution < 1.29 is 13.2 Å². The molecule has 0 bridgehead atoms. The van der Waals surface area contributed by atoms with E-state index in [-0.39, 0.29) is 0 Å². The van der Waals surface area contributed by atoms with Crippen molar-refractivity contribution in [3.05, 3.63) is 71.5 Å². The fraction of sp³-hybridized carbons (Fsp3) is 0.414. The van der Waals surface area contributed by atoms with Crippen LogP contribution < -0.4 is 15.2 Å². The largest absolute Gasteiger partial charge is 0.463 e. The van der Waals surface area contributed by atoms with Crippen LogP contribution in [0.2, 0.25) is 0 Å². The number of hydrogen-bond donors (Lipinski definition) is 2. The van der Waals surface area contributed by atoms with Crippen molar-refractivity contribution in [1.82, 2.24) is 14.7 Å². The molecule has 0 saturated heterocycles. The minimum atomic E-state index is -3.45. The smallest absolute Gasteiger partial charge is 0.246 e. The Bertz CT molecular complexity index is 1430. The standard InChI is InChI=1S/C29H35N5O3S/c1-19-4-14-24(15-5-19)38(35,36)33-17-16-20-6-8-21(9-7-20)22-10-12-23(13-11-22)26-29(2,3)37-28-25(34-26)27(30)31-18-32-28/h4-5,10-15,18,20-21,33H,6-9,16-17H2,1-3H3,(H2,30,31,32)/t20-,21-. The van der Waals surface area contributed by atoms with E-state index in [1.807, 2.05) is 32.9 Å². The summed E-state index contributed by atoms with van der Waals surface area (Å²) in [5, 5.41) is 0. The molecular weight excluding hydrogens is 498 g/mol. The molecule has 8 nitrogen and oxygen atoms in total. The van der Waals surface area contributed by atoms with Crippen molar-refractivity contribution in [3.63, 3.8) is 0 Å². The van der Waals surface area contributed by atoms with Crippen LogP contribution in [-0.2, 0) is 10.0 Å². The third kappa shape index (κ3) is 5.59. The topological polar surface area (TPSA) is 120 Å². The van der Waals surface area contributed by atoms with Gasteiger partial charge in [0.15, 0.2) is 11.5 Å². The first-order valence-electron chi connectivity index (χ1n) is 13.2. The fourth-order valence-electron chi connectivity index (χ4n) is 5.40. The fourth-order valence-corrected chi connectivity index (χ4v) is 6.45. The Morgan fingerprint density at radius 1 is 1.00 bits per heavy atom. The van der Waals surface area contributed by atoms with Gasteiger partial charge >= 0.3 is 0 Å². The van der Waals surface area contributed by atoms with Gasteiger partial charge in [-0.05, 0) is 82.4 Å². The van der Waals surface area contributed by atoms with Crippen molar-refractivity contribution in [2.24, 2.45) is 10.9 Å². The van der Waals surface area contributed by atoms with Crippen LogP contribution in [0.4, 0.5) is 11.5 Å². The first-order chi connectivity index (χ1) is 18.1. The van der Waals surface area contributed by atoms with Gasteiger partial charge in [-0.25, -0.2) is 23.1 Å². The molecule has 2 aromatic carbocycles. The molecule has 1 saturated carbocycles. The lowest BCUT2D eigenvalue weighted by atomic mass is 9.77. The summed E-state index contributed by atoms with van der Waals surface area (Å²) in [6.07, 6.45) is 6.65. The molecule has 0 amide bonds. The van der Waals surface area contributed by atoms with Gasteiger partial charge in [0.2, 0.25) is 15.9 Å². The summed E-state index contributed by atoms with van der Waals surface area (Å²) in [5.41, 5.74) is 10.0. The first kappa shape index (κ1) is 26.3. The lowest BCUT2D eigenvalue weighted by Crippen LogP contribution is -2.41. The number of rotatable bonds is 7. The van der Waals surface area contributed by atoms with E-state index in [9.17, 15) is 8.42 Å². The predicted octanol–water partition coefficient (Wildman–Crippen LogP) is 5.30. The van der Waals surface area contributed by atoms with Gasteiger partial charge < -0.3 is 10.5 Å². The minimum Gasteiger partial charge on any atom is -0.463 e. The van der Waals surface area contributed by atoms with E-state index in [1.54, 1.807) is 12.1 Å². The number of ether oxygens (including phenoxy) is 1. The zero-order valence-electron chi connectivity index (χ0n) is 22.1. The molecule has 9 heteroatoms. The lowest BCUT2D eigenvalue weighted by Gasteiger charge is -2.32. The van der Waals surface area contributed by atoms with E-state index >= 15 is 0 Å². The molecule has 38 heavy (non-hydrogen) atoms. The molecule has 1 aliphatic carbocycles. The second-order valence-electron chi connectivity index (χ2n) is 10.8. The minimum absolute atomic E-state index is 0.305. The molecule has 1 aliphatic heterocycles. The highest BCUT2D eigenvalue weighted by atomic mass is 32.2. The Labute approximate surface area is 224 Å². The van der Waals surface area contributed by atoms with E-state index in [0.29, 0.717) is 40.7 Å². The number of anilines is 1. The Balaban J connectivity index is 1.17. The van der Waals surface area contributed by atoms with Crippen molar-refractivity contribution in [2.75, 3.05) is 12.3 Å². The number of fused-ring (bicyclic) bond motifs is 1. The Morgan fingerprint density at radius 3 is 2.37 bits per heavy atom. The molecule has 2 aliphatic rings. The number of hydrogen-bond acceptors (Lipinski definition) is 7. The van der Waals surface area contributed by atoms with Crippen molar-refractivity contribution in [2.45, 2.75) is 69.3 Å².